The largest absolute Gasteiger partial charge is 0.481 e. The number of ether oxygens (including phenoxy) is 2. The van der Waals surface area contributed by atoms with Crippen LogP contribution in [0.4, 0.5) is 0 Å². The Morgan fingerprint density at radius 1 is 1.42 bits per heavy atom. The van der Waals surface area contributed by atoms with Gasteiger partial charge in [0, 0.05) is 11.8 Å². The standard InChI is InChI=1S/C12H17NO5S/c1-9(7-11(14)17-2)19(15,16)8-10-5-4-6-13-12(10)18-3/h4-6,9H,7-8H2,1-3H3. The van der Waals surface area contributed by atoms with Gasteiger partial charge in [0.1, 0.15) is 0 Å². The molecular formula is C12H17NO5S. The number of pyridine rings is 1. The molecule has 0 saturated carbocycles. The van der Waals surface area contributed by atoms with Crippen molar-refractivity contribution in [1.29, 1.82) is 0 Å². The molecule has 1 unspecified atom stereocenters. The minimum Gasteiger partial charge on any atom is -0.481 e. The third-order valence-corrected chi connectivity index (χ3v) is 4.80. The molecule has 6 nitrogen and oxygen atoms in total. The fraction of sp³-hybridized carbons (Fsp3) is 0.500. The van der Waals surface area contributed by atoms with Gasteiger partial charge < -0.3 is 9.47 Å². The van der Waals surface area contributed by atoms with Crippen molar-refractivity contribution in [2.45, 2.75) is 24.3 Å². The van der Waals surface area contributed by atoms with E-state index in [9.17, 15) is 13.2 Å². The molecule has 1 rings (SSSR count). The van der Waals surface area contributed by atoms with Crippen molar-refractivity contribution in [2.24, 2.45) is 0 Å². The van der Waals surface area contributed by atoms with Crippen molar-refractivity contribution in [2.75, 3.05) is 14.2 Å². The van der Waals surface area contributed by atoms with Crippen LogP contribution in [0, 0.1) is 0 Å². The Morgan fingerprint density at radius 3 is 2.68 bits per heavy atom. The highest BCUT2D eigenvalue weighted by atomic mass is 32.2. The first-order valence-corrected chi connectivity index (χ1v) is 7.38. The molecule has 1 aromatic heterocycles. The zero-order chi connectivity index (χ0) is 14.5. The molecule has 0 bridgehead atoms. The fourth-order valence-electron chi connectivity index (χ4n) is 1.52. The monoisotopic (exact) mass is 287 g/mol. The molecule has 1 aromatic rings. The van der Waals surface area contributed by atoms with E-state index in [1.54, 1.807) is 12.1 Å². The van der Waals surface area contributed by atoms with Crippen molar-refractivity contribution in [1.82, 2.24) is 4.98 Å². The third kappa shape index (κ3) is 4.20. The summed E-state index contributed by atoms with van der Waals surface area (Å²) in [6.07, 6.45) is 1.36. The number of aromatic nitrogens is 1. The highest BCUT2D eigenvalue weighted by molar-refractivity contribution is 7.91. The Labute approximate surface area is 112 Å². The van der Waals surface area contributed by atoms with Gasteiger partial charge in [-0.1, -0.05) is 6.07 Å². The summed E-state index contributed by atoms with van der Waals surface area (Å²) in [4.78, 5) is 15.1. The molecule has 0 aliphatic heterocycles. The van der Waals surface area contributed by atoms with E-state index in [-0.39, 0.29) is 18.1 Å². The lowest BCUT2D eigenvalue weighted by Gasteiger charge is -2.13. The molecule has 0 N–H and O–H groups in total. The molecule has 0 fully saturated rings. The topological polar surface area (TPSA) is 82.6 Å². The zero-order valence-corrected chi connectivity index (χ0v) is 11.9. The second kappa shape index (κ2) is 6.51. The Bertz CT molecular complexity index is 541. The van der Waals surface area contributed by atoms with Gasteiger partial charge in [-0.25, -0.2) is 13.4 Å². The van der Waals surface area contributed by atoms with Crippen LogP contribution in [0.5, 0.6) is 5.88 Å². The molecule has 0 spiro atoms. The summed E-state index contributed by atoms with van der Waals surface area (Å²) >= 11 is 0. The number of methoxy groups -OCH3 is 2. The number of hydrogen-bond donors (Lipinski definition) is 0. The van der Waals surface area contributed by atoms with Gasteiger partial charge in [0.15, 0.2) is 9.84 Å². The van der Waals surface area contributed by atoms with Gasteiger partial charge in [0.05, 0.1) is 31.6 Å². The minimum atomic E-state index is -3.47. The van der Waals surface area contributed by atoms with E-state index in [0.29, 0.717) is 5.56 Å². The molecule has 0 aliphatic carbocycles. The van der Waals surface area contributed by atoms with Gasteiger partial charge in [-0.3, -0.25) is 4.79 Å². The van der Waals surface area contributed by atoms with Crippen LogP contribution in [0.1, 0.15) is 18.9 Å². The minimum absolute atomic E-state index is 0.165. The molecule has 0 aromatic carbocycles. The first kappa shape index (κ1) is 15.4. The fourth-order valence-corrected chi connectivity index (χ4v) is 2.85. The van der Waals surface area contributed by atoms with Crippen molar-refractivity contribution < 1.29 is 22.7 Å². The van der Waals surface area contributed by atoms with E-state index < -0.39 is 21.1 Å². The van der Waals surface area contributed by atoms with Crippen LogP contribution >= 0.6 is 0 Å². The number of nitrogens with zero attached hydrogens (tertiary/aromatic N) is 1. The maximum atomic E-state index is 12.1. The summed E-state index contributed by atoms with van der Waals surface area (Å²) < 4.78 is 33.7. The number of hydrogen-bond acceptors (Lipinski definition) is 6. The maximum absolute atomic E-state index is 12.1. The van der Waals surface area contributed by atoms with Gasteiger partial charge in [-0.05, 0) is 13.0 Å². The molecule has 106 valence electrons. The quantitative estimate of drug-likeness (QED) is 0.725. The summed E-state index contributed by atoms with van der Waals surface area (Å²) in [5, 5.41) is -0.815. The van der Waals surface area contributed by atoms with Crippen molar-refractivity contribution >= 4 is 15.8 Å². The van der Waals surface area contributed by atoms with Crippen LogP contribution in [0.3, 0.4) is 0 Å². The maximum Gasteiger partial charge on any atom is 0.306 e. The Morgan fingerprint density at radius 2 is 2.11 bits per heavy atom. The average Bonchev–Trinajstić information content (AvgIpc) is 2.38. The predicted octanol–water partition coefficient (Wildman–Crippen LogP) is 0.957. The second-order valence-corrected chi connectivity index (χ2v) is 6.49. The molecule has 0 saturated heterocycles. The van der Waals surface area contributed by atoms with E-state index in [1.165, 1.54) is 27.3 Å². The Balaban J connectivity index is 2.87. The van der Waals surface area contributed by atoms with Gasteiger partial charge in [-0.2, -0.15) is 0 Å². The van der Waals surface area contributed by atoms with Gasteiger partial charge in [-0.15, -0.1) is 0 Å². The number of carbonyl (C=O) groups is 1. The van der Waals surface area contributed by atoms with Crippen LogP contribution < -0.4 is 4.74 Å². The lowest BCUT2D eigenvalue weighted by Crippen LogP contribution is -2.23. The first-order valence-electron chi connectivity index (χ1n) is 5.67. The van der Waals surface area contributed by atoms with Gasteiger partial charge in [0.2, 0.25) is 5.88 Å². The summed E-state index contributed by atoms with van der Waals surface area (Å²) in [5.41, 5.74) is 0.474. The van der Waals surface area contributed by atoms with E-state index >= 15 is 0 Å². The summed E-state index contributed by atoms with van der Waals surface area (Å²) in [7, 11) is -0.817. The lowest BCUT2D eigenvalue weighted by molar-refractivity contribution is -0.140. The molecule has 1 heterocycles. The van der Waals surface area contributed by atoms with E-state index in [2.05, 4.69) is 9.72 Å². The molecular weight excluding hydrogens is 270 g/mol. The molecule has 0 aliphatic rings. The lowest BCUT2D eigenvalue weighted by atomic mass is 10.3. The first-order chi connectivity index (χ1) is 8.90. The van der Waals surface area contributed by atoms with Crippen LogP contribution in [0.15, 0.2) is 18.3 Å². The number of rotatable bonds is 6. The normalized spacial score (nSPS) is 12.8. The summed E-state index contributed by atoms with van der Waals surface area (Å²) in [5.74, 6) is -0.493. The average molecular weight is 287 g/mol. The second-order valence-electron chi connectivity index (χ2n) is 4.07. The zero-order valence-electron chi connectivity index (χ0n) is 11.1. The Hall–Kier alpha value is -1.63. The molecule has 19 heavy (non-hydrogen) atoms. The Kier molecular flexibility index (Phi) is 5.29. The highest BCUT2D eigenvalue weighted by Gasteiger charge is 2.25. The van der Waals surface area contributed by atoms with Crippen molar-refractivity contribution in [3.8, 4) is 5.88 Å². The number of sulfone groups is 1. The molecule has 0 amide bonds. The van der Waals surface area contributed by atoms with E-state index in [0.717, 1.165) is 0 Å². The highest BCUT2D eigenvalue weighted by Crippen LogP contribution is 2.20. The molecule has 7 heteroatoms. The van der Waals surface area contributed by atoms with E-state index in [4.69, 9.17) is 4.74 Å². The molecule has 1 atom stereocenters. The van der Waals surface area contributed by atoms with Gasteiger partial charge >= 0.3 is 5.97 Å². The van der Waals surface area contributed by atoms with Crippen LogP contribution in [-0.4, -0.2) is 38.8 Å². The van der Waals surface area contributed by atoms with Crippen molar-refractivity contribution in [3.63, 3.8) is 0 Å². The van der Waals surface area contributed by atoms with Crippen molar-refractivity contribution in [3.05, 3.63) is 23.9 Å². The molecule has 0 radical (unpaired) electrons. The van der Waals surface area contributed by atoms with Gasteiger partial charge in [0.25, 0.3) is 0 Å². The summed E-state index contributed by atoms with van der Waals surface area (Å²) in [6, 6.07) is 3.27. The van der Waals surface area contributed by atoms with Crippen LogP contribution in [0.25, 0.3) is 0 Å². The predicted molar refractivity (Wildman–Crippen MR) is 69.5 cm³/mol. The van der Waals surface area contributed by atoms with Crippen LogP contribution in [-0.2, 0) is 25.1 Å². The number of carbonyl (C=O) groups excluding carboxylic acids is 1. The van der Waals surface area contributed by atoms with Crippen LogP contribution in [0.2, 0.25) is 0 Å². The number of esters is 1. The SMILES string of the molecule is COC(=O)CC(C)S(=O)(=O)Cc1cccnc1OC. The smallest absolute Gasteiger partial charge is 0.306 e. The summed E-state index contributed by atoms with van der Waals surface area (Å²) in [6.45, 7) is 1.48. The van der Waals surface area contributed by atoms with E-state index in [1.807, 2.05) is 0 Å². The third-order valence-electron chi connectivity index (χ3n) is 2.69.